The highest BCUT2D eigenvalue weighted by atomic mass is 16.5. The van der Waals surface area contributed by atoms with E-state index in [1.165, 1.54) is 36.7 Å². The topological polar surface area (TPSA) is 26.3 Å². The zero-order valence-electron chi connectivity index (χ0n) is 15.4. The minimum atomic E-state index is -0.203. The average Bonchev–Trinajstić information content (AvgIpc) is 2.45. The Labute approximate surface area is 141 Å². The third-order valence-corrected chi connectivity index (χ3v) is 4.28. The molecule has 1 aliphatic rings. The first kappa shape index (κ1) is 19.2. The fourth-order valence-electron chi connectivity index (χ4n) is 2.78. The van der Waals surface area contributed by atoms with Crippen LogP contribution >= 0.6 is 0 Å². The summed E-state index contributed by atoms with van der Waals surface area (Å²) >= 11 is 0. The Bertz CT molecular complexity index is 581. The molecule has 2 heteroatoms. The smallest absolute Gasteiger partial charge is 0.309 e. The maximum absolute atomic E-state index is 11.2. The van der Waals surface area contributed by atoms with Crippen LogP contribution in [0.2, 0.25) is 0 Å². The first-order valence-corrected chi connectivity index (χ1v) is 8.23. The fourth-order valence-corrected chi connectivity index (χ4v) is 2.78. The van der Waals surface area contributed by atoms with Gasteiger partial charge in [-0.05, 0) is 44.6 Å². The predicted octanol–water partition coefficient (Wildman–Crippen LogP) is 5.69. The molecule has 1 rings (SSSR count). The highest BCUT2D eigenvalue weighted by Gasteiger charge is 2.26. The standard InChI is InChI=1S/C21H30O2/c1-16(9-7-10-17(2)15-20(22)23-6)12-13-19-18(3)11-8-14-21(19,4)5/h7,9-13H,8,14-15H2,1-6H3/b9-7+,16-12+,17-10-,19-13+. The van der Waals surface area contributed by atoms with Crippen LogP contribution in [0.3, 0.4) is 0 Å². The van der Waals surface area contributed by atoms with Crippen molar-refractivity contribution >= 4 is 5.97 Å². The molecule has 0 aromatic rings. The van der Waals surface area contributed by atoms with Crippen LogP contribution in [0.1, 0.15) is 53.9 Å². The van der Waals surface area contributed by atoms with Crippen molar-refractivity contribution in [1.29, 1.82) is 0 Å². The largest absolute Gasteiger partial charge is 0.469 e. The van der Waals surface area contributed by atoms with Gasteiger partial charge in [-0.3, -0.25) is 4.79 Å². The van der Waals surface area contributed by atoms with Crippen LogP contribution in [0.25, 0.3) is 0 Å². The molecule has 0 fully saturated rings. The third-order valence-electron chi connectivity index (χ3n) is 4.28. The van der Waals surface area contributed by atoms with E-state index in [1.54, 1.807) is 0 Å². The summed E-state index contributed by atoms with van der Waals surface area (Å²) in [6, 6.07) is 0. The molecular weight excluding hydrogens is 284 g/mol. The van der Waals surface area contributed by atoms with Crippen molar-refractivity contribution in [1.82, 2.24) is 0 Å². The molecule has 0 N–H and O–H groups in total. The van der Waals surface area contributed by atoms with E-state index >= 15 is 0 Å². The van der Waals surface area contributed by atoms with Crippen LogP contribution in [0, 0.1) is 5.41 Å². The van der Waals surface area contributed by atoms with E-state index < -0.39 is 0 Å². The van der Waals surface area contributed by atoms with Crippen LogP contribution in [-0.2, 0) is 9.53 Å². The molecule has 0 aliphatic heterocycles. The van der Waals surface area contributed by atoms with Crippen LogP contribution in [-0.4, -0.2) is 13.1 Å². The first-order valence-electron chi connectivity index (χ1n) is 8.23. The quantitative estimate of drug-likeness (QED) is 0.481. The van der Waals surface area contributed by atoms with Crippen LogP contribution in [0.15, 0.2) is 58.7 Å². The van der Waals surface area contributed by atoms with Gasteiger partial charge in [0.15, 0.2) is 0 Å². The molecule has 0 atom stereocenters. The number of ether oxygens (including phenoxy) is 1. The number of esters is 1. The van der Waals surface area contributed by atoms with E-state index in [0.717, 1.165) is 5.57 Å². The predicted molar refractivity (Wildman–Crippen MR) is 98.1 cm³/mol. The van der Waals surface area contributed by atoms with Gasteiger partial charge in [0, 0.05) is 0 Å². The lowest BCUT2D eigenvalue weighted by Gasteiger charge is -2.32. The van der Waals surface area contributed by atoms with E-state index in [-0.39, 0.29) is 11.4 Å². The zero-order valence-corrected chi connectivity index (χ0v) is 15.4. The van der Waals surface area contributed by atoms with E-state index in [0.29, 0.717) is 6.42 Å². The molecule has 0 bridgehead atoms. The second-order valence-electron chi connectivity index (χ2n) is 6.93. The van der Waals surface area contributed by atoms with Gasteiger partial charge < -0.3 is 4.74 Å². The summed E-state index contributed by atoms with van der Waals surface area (Å²) in [5.41, 5.74) is 5.24. The lowest BCUT2D eigenvalue weighted by atomic mass is 9.73. The van der Waals surface area contributed by atoms with Crippen LogP contribution < -0.4 is 0 Å². The summed E-state index contributed by atoms with van der Waals surface area (Å²) in [6.45, 7) is 10.8. The zero-order chi connectivity index (χ0) is 17.5. The second kappa shape index (κ2) is 8.71. The minimum Gasteiger partial charge on any atom is -0.469 e. The van der Waals surface area contributed by atoms with Crippen LogP contribution in [0.5, 0.6) is 0 Å². The summed E-state index contributed by atoms with van der Waals surface area (Å²) in [6.07, 6.45) is 15.5. The Balaban J connectivity index is 2.77. The van der Waals surface area contributed by atoms with Crippen LogP contribution in [0.4, 0.5) is 0 Å². The van der Waals surface area contributed by atoms with Gasteiger partial charge in [-0.25, -0.2) is 0 Å². The van der Waals surface area contributed by atoms with Gasteiger partial charge in [0.05, 0.1) is 13.5 Å². The molecule has 126 valence electrons. The van der Waals surface area contributed by atoms with Crippen molar-refractivity contribution in [2.45, 2.75) is 53.9 Å². The second-order valence-corrected chi connectivity index (χ2v) is 6.93. The Morgan fingerprint density at radius 1 is 1.30 bits per heavy atom. The molecule has 2 nitrogen and oxygen atoms in total. The van der Waals surface area contributed by atoms with Gasteiger partial charge >= 0.3 is 5.97 Å². The van der Waals surface area contributed by atoms with Crippen molar-refractivity contribution in [3.63, 3.8) is 0 Å². The lowest BCUT2D eigenvalue weighted by molar-refractivity contribution is -0.139. The summed E-state index contributed by atoms with van der Waals surface area (Å²) in [5, 5.41) is 0. The Hall–Kier alpha value is -1.83. The summed E-state index contributed by atoms with van der Waals surface area (Å²) in [7, 11) is 1.41. The lowest BCUT2D eigenvalue weighted by Crippen LogP contribution is -2.18. The molecule has 0 radical (unpaired) electrons. The minimum absolute atomic E-state index is 0.203. The monoisotopic (exact) mass is 314 g/mol. The fraction of sp³-hybridized carbons (Fsp3) is 0.476. The number of carbonyl (C=O) groups excluding carboxylic acids is 1. The van der Waals surface area contributed by atoms with E-state index in [2.05, 4.69) is 56.7 Å². The molecule has 23 heavy (non-hydrogen) atoms. The molecule has 0 spiro atoms. The SMILES string of the molecule is COC(=O)C\C(C)=C/C=C/C(C)=C/C=C1\C(C)=CCCC1(C)C. The average molecular weight is 314 g/mol. The number of methoxy groups -OCH3 is 1. The molecule has 0 amide bonds. The number of rotatable bonds is 5. The van der Waals surface area contributed by atoms with Crippen molar-refractivity contribution in [3.8, 4) is 0 Å². The molecular formula is C21H30O2. The van der Waals surface area contributed by atoms with Gasteiger partial charge in [0.1, 0.15) is 0 Å². The molecule has 0 heterocycles. The molecule has 0 unspecified atom stereocenters. The summed E-state index contributed by atoms with van der Waals surface area (Å²) < 4.78 is 4.66. The number of allylic oxidation sites excluding steroid dienone is 9. The summed E-state index contributed by atoms with van der Waals surface area (Å²) in [4.78, 5) is 11.2. The molecule has 0 saturated heterocycles. The molecule has 0 saturated carbocycles. The Kier molecular flexibility index (Phi) is 7.28. The van der Waals surface area contributed by atoms with Gasteiger partial charge in [-0.1, -0.05) is 67.0 Å². The van der Waals surface area contributed by atoms with E-state index in [1.807, 2.05) is 19.1 Å². The van der Waals surface area contributed by atoms with E-state index in [9.17, 15) is 4.79 Å². The third kappa shape index (κ3) is 6.43. The Morgan fingerprint density at radius 2 is 2.00 bits per heavy atom. The van der Waals surface area contributed by atoms with E-state index in [4.69, 9.17) is 0 Å². The van der Waals surface area contributed by atoms with Crippen molar-refractivity contribution in [3.05, 3.63) is 58.7 Å². The van der Waals surface area contributed by atoms with Gasteiger partial charge in [-0.15, -0.1) is 0 Å². The van der Waals surface area contributed by atoms with Gasteiger partial charge in [0.2, 0.25) is 0 Å². The van der Waals surface area contributed by atoms with Crippen molar-refractivity contribution in [2.75, 3.05) is 7.11 Å². The normalized spacial score (nSPS) is 20.8. The number of carbonyl (C=O) groups is 1. The maximum Gasteiger partial charge on any atom is 0.309 e. The summed E-state index contributed by atoms with van der Waals surface area (Å²) in [5.74, 6) is -0.203. The Morgan fingerprint density at radius 3 is 2.61 bits per heavy atom. The van der Waals surface area contributed by atoms with Crippen molar-refractivity contribution < 1.29 is 9.53 Å². The highest BCUT2D eigenvalue weighted by molar-refractivity contribution is 5.72. The van der Waals surface area contributed by atoms with Gasteiger partial charge in [-0.2, -0.15) is 0 Å². The molecule has 1 aliphatic carbocycles. The van der Waals surface area contributed by atoms with Gasteiger partial charge in [0.25, 0.3) is 0 Å². The maximum atomic E-state index is 11.2. The number of hydrogen-bond acceptors (Lipinski definition) is 2. The number of hydrogen-bond donors (Lipinski definition) is 0. The van der Waals surface area contributed by atoms with Crippen molar-refractivity contribution in [2.24, 2.45) is 5.41 Å². The highest BCUT2D eigenvalue weighted by Crippen LogP contribution is 2.40. The molecule has 0 aromatic carbocycles. The molecule has 0 aromatic heterocycles. The first-order chi connectivity index (χ1) is 10.8.